The number of thiocarbonyl (C=S) groups is 1. The number of benzene rings is 1. The molecule has 2 nitrogen and oxygen atoms in total. The number of rotatable bonds is 6. The molecule has 0 aromatic heterocycles. The van der Waals surface area contributed by atoms with Crippen molar-refractivity contribution in [1.29, 1.82) is 0 Å². The molecule has 0 radical (unpaired) electrons. The van der Waals surface area contributed by atoms with Crippen molar-refractivity contribution in [3.05, 3.63) is 30.3 Å². The molecule has 0 saturated carbocycles. The fourth-order valence-electron chi connectivity index (χ4n) is 1.55. The summed E-state index contributed by atoms with van der Waals surface area (Å²) in [5.74, 6) is 0. The van der Waals surface area contributed by atoms with Gasteiger partial charge in [-0.2, -0.15) is 0 Å². The van der Waals surface area contributed by atoms with Crippen molar-refractivity contribution in [2.75, 3.05) is 18.0 Å². The Bertz CT molecular complexity index is 298. The second-order valence-corrected chi connectivity index (χ2v) is 4.01. The van der Waals surface area contributed by atoms with Crippen LogP contribution < -0.4 is 10.6 Å². The number of anilines is 1. The van der Waals surface area contributed by atoms with Crippen LogP contribution in [0.25, 0.3) is 0 Å². The highest BCUT2D eigenvalue weighted by Crippen LogP contribution is 2.13. The third-order valence-corrected chi connectivity index (χ3v) is 2.56. The van der Waals surface area contributed by atoms with Crippen LogP contribution in [0.5, 0.6) is 0 Å². The van der Waals surface area contributed by atoms with Gasteiger partial charge >= 0.3 is 0 Å². The third-order valence-electron chi connectivity index (χ3n) is 2.35. The molecule has 1 aromatic carbocycles. The van der Waals surface area contributed by atoms with Gasteiger partial charge in [-0.25, -0.2) is 0 Å². The van der Waals surface area contributed by atoms with E-state index in [0.29, 0.717) is 4.99 Å². The van der Waals surface area contributed by atoms with E-state index in [2.05, 4.69) is 36.1 Å². The van der Waals surface area contributed by atoms with Gasteiger partial charge in [-0.15, -0.1) is 0 Å². The zero-order valence-electron chi connectivity index (χ0n) is 9.15. The lowest BCUT2D eigenvalue weighted by molar-refractivity contribution is 0.769. The van der Waals surface area contributed by atoms with Crippen LogP contribution in [0.3, 0.4) is 0 Å². The maximum Gasteiger partial charge on any atom is 0.0728 e. The zero-order valence-corrected chi connectivity index (χ0v) is 9.96. The number of nitrogens with zero attached hydrogens (tertiary/aromatic N) is 1. The van der Waals surface area contributed by atoms with Gasteiger partial charge in [0.15, 0.2) is 0 Å². The van der Waals surface area contributed by atoms with E-state index in [-0.39, 0.29) is 0 Å². The SMILES string of the molecule is CCN(CCCC(N)=S)c1ccccc1. The summed E-state index contributed by atoms with van der Waals surface area (Å²) in [6, 6.07) is 10.4. The Balaban J connectivity index is 2.46. The lowest BCUT2D eigenvalue weighted by Crippen LogP contribution is -2.24. The largest absolute Gasteiger partial charge is 0.393 e. The van der Waals surface area contributed by atoms with Crippen molar-refractivity contribution in [1.82, 2.24) is 0 Å². The summed E-state index contributed by atoms with van der Waals surface area (Å²) in [6.45, 7) is 4.19. The molecule has 0 aliphatic heterocycles. The first-order valence-electron chi connectivity index (χ1n) is 5.32. The molecule has 3 heteroatoms. The van der Waals surface area contributed by atoms with Crippen molar-refractivity contribution in [2.24, 2.45) is 5.73 Å². The number of para-hydroxylation sites is 1. The van der Waals surface area contributed by atoms with E-state index in [0.717, 1.165) is 25.9 Å². The van der Waals surface area contributed by atoms with Crippen molar-refractivity contribution in [3.8, 4) is 0 Å². The Morgan fingerprint density at radius 2 is 2.00 bits per heavy atom. The number of hydrogen-bond donors (Lipinski definition) is 1. The average molecular weight is 222 g/mol. The highest BCUT2D eigenvalue weighted by atomic mass is 32.1. The second kappa shape index (κ2) is 6.40. The second-order valence-electron chi connectivity index (χ2n) is 3.49. The molecule has 1 rings (SSSR count). The topological polar surface area (TPSA) is 29.3 Å². The maximum atomic E-state index is 5.47. The molecule has 2 N–H and O–H groups in total. The Kier molecular flexibility index (Phi) is 5.12. The summed E-state index contributed by atoms with van der Waals surface area (Å²) in [5, 5.41) is 0. The molecule has 1 aromatic rings. The van der Waals surface area contributed by atoms with E-state index in [9.17, 15) is 0 Å². The van der Waals surface area contributed by atoms with Crippen LogP contribution >= 0.6 is 12.2 Å². The van der Waals surface area contributed by atoms with Crippen molar-refractivity contribution < 1.29 is 0 Å². The minimum atomic E-state index is 0.610. The zero-order chi connectivity index (χ0) is 11.1. The van der Waals surface area contributed by atoms with Crippen molar-refractivity contribution in [3.63, 3.8) is 0 Å². The number of hydrogen-bond acceptors (Lipinski definition) is 2. The molecule has 0 unspecified atom stereocenters. The summed E-state index contributed by atoms with van der Waals surface area (Å²) in [6.07, 6.45) is 1.86. The van der Waals surface area contributed by atoms with Crippen LogP contribution in [-0.2, 0) is 0 Å². The molecule has 0 spiro atoms. The average Bonchev–Trinajstić information content (AvgIpc) is 2.25. The fourth-order valence-corrected chi connectivity index (χ4v) is 1.70. The Morgan fingerprint density at radius 1 is 1.33 bits per heavy atom. The van der Waals surface area contributed by atoms with Gasteiger partial charge in [-0.3, -0.25) is 0 Å². The standard InChI is InChI=1S/C12H18N2S/c1-2-14(10-6-9-12(13)15)11-7-4-3-5-8-11/h3-5,7-8H,2,6,9-10H2,1H3,(H2,13,15). The first-order valence-corrected chi connectivity index (χ1v) is 5.73. The number of nitrogens with two attached hydrogens (primary N) is 1. The summed E-state index contributed by atoms with van der Waals surface area (Å²) >= 11 is 4.86. The normalized spacial score (nSPS) is 9.93. The lowest BCUT2D eigenvalue weighted by atomic mass is 10.2. The van der Waals surface area contributed by atoms with Crippen LogP contribution in [-0.4, -0.2) is 18.1 Å². The molecule has 15 heavy (non-hydrogen) atoms. The van der Waals surface area contributed by atoms with Crippen LogP contribution in [0, 0.1) is 0 Å². The van der Waals surface area contributed by atoms with Crippen molar-refractivity contribution >= 4 is 22.9 Å². The molecule has 0 fully saturated rings. The van der Waals surface area contributed by atoms with Crippen LogP contribution in [0.2, 0.25) is 0 Å². The predicted molar refractivity (Wildman–Crippen MR) is 70.3 cm³/mol. The quantitative estimate of drug-likeness (QED) is 0.750. The highest BCUT2D eigenvalue weighted by molar-refractivity contribution is 7.80. The van der Waals surface area contributed by atoms with E-state index in [1.807, 2.05) is 6.07 Å². The van der Waals surface area contributed by atoms with Gasteiger partial charge in [0.05, 0.1) is 4.99 Å². The first-order chi connectivity index (χ1) is 7.24. The van der Waals surface area contributed by atoms with Crippen molar-refractivity contribution in [2.45, 2.75) is 19.8 Å². The van der Waals surface area contributed by atoms with Gasteiger partial charge in [0.2, 0.25) is 0 Å². The molecule has 82 valence electrons. The molecule has 0 heterocycles. The first kappa shape index (κ1) is 12.0. The molecular weight excluding hydrogens is 204 g/mol. The van der Waals surface area contributed by atoms with E-state index in [1.54, 1.807) is 0 Å². The monoisotopic (exact) mass is 222 g/mol. The molecule has 0 saturated heterocycles. The summed E-state index contributed by atoms with van der Waals surface area (Å²) in [5.41, 5.74) is 6.74. The minimum absolute atomic E-state index is 0.610. The molecule has 0 bridgehead atoms. The van der Waals surface area contributed by atoms with Gasteiger partial charge in [0, 0.05) is 18.8 Å². The predicted octanol–water partition coefficient (Wildman–Crippen LogP) is 2.58. The lowest BCUT2D eigenvalue weighted by Gasteiger charge is -2.22. The summed E-state index contributed by atoms with van der Waals surface area (Å²) < 4.78 is 0. The van der Waals surface area contributed by atoms with Crippen LogP contribution in [0.1, 0.15) is 19.8 Å². The van der Waals surface area contributed by atoms with E-state index in [4.69, 9.17) is 18.0 Å². The molecule has 0 amide bonds. The van der Waals surface area contributed by atoms with E-state index >= 15 is 0 Å². The third kappa shape index (κ3) is 4.30. The molecule has 0 atom stereocenters. The molecular formula is C12H18N2S. The maximum absolute atomic E-state index is 5.47. The van der Waals surface area contributed by atoms with Gasteiger partial charge in [-0.1, -0.05) is 30.4 Å². The van der Waals surface area contributed by atoms with E-state index < -0.39 is 0 Å². The fraction of sp³-hybridized carbons (Fsp3) is 0.417. The highest BCUT2D eigenvalue weighted by Gasteiger charge is 2.02. The minimum Gasteiger partial charge on any atom is -0.393 e. The van der Waals surface area contributed by atoms with E-state index in [1.165, 1.54) is 5.69 Å². The van der Waals surface area contributed by atoms with Crippen LogP contribution in [0.15, 0.2) is 30.3 Å². The van der Waals surface area contributed by atoms with Gasteiger partial charge in [-0.05, 0) is 31.9 Å². The van der Waals surface area contributed by atoms with Crippen LogP contribution in [0.4, 0.5) is 5.69 Å². The Morgan fingerprint density at radius 3 is 2.53 bits per heavy atom. The summed E-state index contributed by atoms with van der Waals surface area (Å²) in [7, 11) is 0. The van der Waals surface area contributed by atoms with Gasteiger partial charge in [0.25, 0.3) is 0 Å². The summed E-state index contributed by atoms with van der Waals surface area (Å²) in [4.78, 5) is 2.94. The smallest absolute Gasteiger partial charge is 0.0728 e. The molecule has 0 aliphatic rings. The van der Waals surface area contributed by atoms with Gasteiger partial charge < -0.3 is 10.6 Å². The Labute approximate surface area is 97.1 Å². The Hall–Kier alpha value is -1.09. The van der Waals surface area contributed by atoms with Gasteiger partial charge in [0.1, 0.15) is 0 Å². The molecule has 0 aliphatic carbocycles.